The predicted octanol–water partition coefficient (Wildman–Crippen LogP) is 2.01. The van der Waals surface area contributed by atoms with E-state index in [9.17, 15) is 9.59 Å². The van der Waals surface area contributed by atoms with E-state index in [-0.39, 0.29) is 37.0 Å². The normalized spacial score (nSPS) is 10.5. The summed E-state index contributed by atoms with van der Waals surface area (Å²) in [4.78, 5) is 34.2. The Bertz CT molecular complexity index is 816. The van der Waals surface area contributed by atoms with Crippen LogP contribution in [-0.4, -0.2) is 33.2 Å². The molecule has 3 heterocycles. The number of carbonyl (C=O) groups is 2. The molecule has 0 radical (unpaired) electrons. The molecular formula is C18H18N4O4. The molecule has 0 atom stereocenters. The highest BCUT2D eigenvalue weighted by Gasteiger charge is 2.19. The van der Waals surface area contributed by atoms with Gasteiger partial charge in [0.1, 0.15) is 17.2 Å². The quantitative estimate of drug-likeness (QED) is 0.664. The van der Waals surface area contributed by atoms with E-state index in [1.165, 1.54) is 29.8 Å². The number of nitrogens with one attached hydrogen (secondary N) is 1. The maximum Gasteiger partial charge on any atom is 0.274 e. The molecule has 0 saturated carbocycles. The standard InChI is InChI=1S/C18H18N4O4/c23-17(21-11-14-3-1-9-25-14)5-8-22(13-15-4-2-10-26-15)18(24)16-12-19-6-7-20-16/h1-4,6-7,9-10,12H,5,8,11,13H2,(H,21,23). The molecule has 3 rings (SSSR count). The van der Waals surface area contributed by atoms with Crippen LogP contribution in [0.1, 0.15) is 28.4 Å². The number of carbonyl (C=O) groups excluding carboxylic acids is 2. The third-order valence-corrected chi connectivity index (χ3v) is 3.64. The molecule has 8 heteroatoms. The summed E-state index contributed by atoms with van der Waals surface area (Å²) in [6.45, 7) is 0.774. The van der Waals surface area contributed by atoms with Crippen molar-refractivity contribution in [3.8, 4) is 0 Å². The molecule has 8 nitrogen and oxygen atoms in total. The first-order valence-corrected chi connectivity index (χ1v) is 8.09. The van der Waals surface area contributed by atoms with Crippen molar-refractivity contribution < 1.29 is 18.4 Å². The number of furan rings is 2. The Hall–Kier alpha value is -3.42. The Kier molecular flexibility index (Phi) is 5.76. The van der Waals surface area contributed by atoms with Gasteiger partial charge in [-0.25, -0.2) is 4.98 Å². The summed E-state index contributed by atoms with van der Waals surface area (Å²) in [5.41, 5.74) is 0.218. The van der Waals surface area contributed by atoms with Crippen LogP contribution >= 0.6 is 0 Å². The van der Waals surface area contributed by atoms with Crippen molar-refractivity contribution in [2.45, 2.75) is 19.5 Å². The topological polar surface area (TPSA) is 101 Å². The minimum Gasteiger partial charge on any atom is -0.467 e. The van der Waals surface area contributed by atoms with Gasteiger partial charge in [-0.15, -0.1) is 0 Å². The fourth-order valence-electron chi connectivity index (χ4n) is 2.34. The van der Waals surface area contributed by atoms with Crippen molar-refractivity contribution in [3.63, 3.8) is 0 Å². The van der Waals surface area contributed by atoms with Crippen LogP contribution < -0.4 is 5.32 Å². The molecule has 0 unspecified atom stereocenters. The lowest BCUT2D eigenvalue weighted by molar-refractivity contribution is -0.121. The molecule has 0 fully saturated rings. The van der Waals surface area contributed by atoms with Gasteiger partial charge in [0.05, 0.1) is 31.8 Å². The summed E-state index contributed by atoms with van der Waals surface area (Å²) >= 11 is 0. The average molecular weight is 354 g/mol. The van der Waals surface area contributed by atoms with Gasteiger partial charge in [0.25, 0.3) is 5.91 Å². The summed E-state index contributed by atoms with van der Waals surface area (Å²) < 4.78 is 10.5. The number of rotatable bonds is 8. The zero-order valence-corrected chi connectivity index (χ0v) is 14.0. The molecule has 0 saturated heterocycles. The number of aromatic nitrogens is 2. The molecule has 0 spiro atoms. The van der Waals surface area contributed by atoms with Crippen LogP contribution in [0.15, 0.2) is 64.2 Å². The Morgan fingerprint density at radius 3 is 2.50 bits per heavy atom. The van der Waals surface area contributed by atoms with Gasteiger partial charge in [-0.2, -0.15) is 0 Å². The maximum absolute atomic E-state index is 12.7. The Balaban J connectivity index is 1.59. The summed E-state index contributed by atoms with van der Waals surface area (Å²) in [7, 11) is 0. The Morgan fingerprint density at radius 2 is 1.85 bits per heavy atom. The highest BCUT2D eigenvalue weighted by molar-refractivity contribution is 5.92. The van der Waals surface area contributed by atoms with Gasteiger partial charge in [0, 0.05) is 25.4 Å². The lowest BCUT2D eigenvalue weighted by Crippen LogP contribution is -2.35. The van der Waals surface area contributed by atoms with Crippen molar-refractivity contribution in [2.24, 2.45) is 0 Å². The van der Waals surface area contributed by atoms with E-state index in [4.69, 9.17) is 8.83 Å². The first-order valence-electron chi connectivity index (χ1n) is 8.09. The number of nitrogens with zero attached hydrogens (tertiary/aromatic N) is 3. The Morgan fingerprint density at radius 1 is 1.08 bits per heavy atom. The van der Waals surface area contributed by atoms with Crippen LogP contribution in [0.5, 0.6) is 0 Å². The van der Waals surface area contributed by atoms with Crippen molar-refractivity contribution in [3.05, 3.63) is 72.6 Å². The summed E-state index contributed by atoms with van der Waals surface area (Å²) in [6, 6.07) is 7.05. The van der Waals surface area contributed by atoms with E-state index in [0.29, 0.717) is 18.1 Å². The molecule has 1 N–H and O–H groups in total. The fraction of sp³-hybridized carbons (Fsp3) is 0.222. The highest BCUT2D eigenvalue weighted by Crippen LogP contribution is 2.10. The monoisotopic (exact) mass is 354 g/mol. The van der Waals surface area contributed by atoms with Gasteiger partial charge >= 0.3 is 0 Å². The third-order valence-electron chi connectivity index (χ3n) is 3.64. The molecule has 3 aromatic heterocycles. The first-order chi connectivity index (χ1) is 12.7. The zero-order valence-electron chi connectivity index (χ0n) is 14.0. The highest BCUT2D eigenvalue weighted by atomic mass is 16.3. The molecule has 0 aliphatic rings. The van der Waals surface area contributed by atoms with Crippen molar-refractivity contribution in [2.75, 3.05) is 6.54 Å². The first kappa shape index (κ1) is 17.4. The predicted molar refractivity (Wildman–Crippen MR) is 90.7 cm³/mol. The number of hydrogen-bond donors (Lipinski definition) is 1. The second kappa shape index (κ2) is 8.61. The van der Waals surface area contributed by atoms with Gasteiger partial charge in [0.2, 0.25) is 5.91 Å². The van der Waals surface area contributed by atoms with Gasteiger partial charge < -0.3 is 19.1 Å². The summed E-state index contributed by atoms with van der Waals surface area (Å²) in [6.07, 6.45) is 7.58. The summed E-state index contributed by atoms with van der Waals surface area (Å²) in [5, 5.41) is 2.76. The van der Waals surface area contributed by atoms with E-state index in [1.54, 1.807) is 30.5 Å². The molecular weight excluding hydrogens is 336 g/mol. The van der Waals surface area contributed by atoms with Gasteiger partial charge in [-0.1, -0.05) is 0 Å². The molecule has 0 aliphatic carbocycles. The molecule has 3 aromatic rings. The molecule has 26 heavy (non-hydrogen) atoms. The van der Waals surface area contributed by atoms with Crippen LogP contribution in [0.2, 0.25) is 0 Å². The average Bonchev–Trinajstić information content (AvgIpc) is 3.37. The lowest BCUT2D eigenvalue weighted by atomic mass is 10.3. The van der Waals surface area contributed by atoms with E-state index < -0.39 is 0 Å². The van der Waals surface area contributed by atoms with Crippen LogP contribution in [-0.2, 0) is 17.9 Å². The van der Waals surface area contributed by atoms with Gasteiger partial charge in [-0.3, -0.25) is 14.6 Å². The van der Waals surface area contributed by atoms with Crippen molar-refractivity contribution >= 4 is 11.8 Å². The smallest absolute Gasteiger partial charge is 0.274 e. The minimum atomic E-state index is -0.312. The van der Waals surface area contributed by atoms with Crippen molar-refractivity contribution in [1.82, 2.24) is 20.2 Å². The molecule has 2 amide bonds. The van der Waals surface area contributed by atoms with Crippen LogP contribution in [0.25, 0.3) is 0 Å². The molecule has 0 aliphatic heterocycles. The van der Waals surface area contributed by atoms with E-state index in [0.717, 1.165) is 0 Å². The van der Waals surface area contributed by atoms with E-state index in [1.807, 2.05) is 0 Å². The third kappa shape index (κ3) is 4.79. The minimum absolute atomic E-state index is 0.146. The number of amides is 2. The van der Waals surface area contributed by atoms with E-state index >= 15 is 0 Å². The van der Waals surface area contributed by atoms with Gasteiger partial charge in [0.15, 0.2) is 0 Å². The number of hydrogen-bond acceptors (Lipinski definition) is 6. The zero-order chi connectivity index (χ0) is 18.2. The maximum atomic E-state index is 12.7. The largest absolute Gasteiger partial charge is 0.467 e. The molecule has 0 bridgehead atoms. The Labute approximate surface area is 149 Å². The SMILES string of the molecule is O=C(CCN(Cc1ccco1)C(=O)c1cnccn1)NCc1ccco1. The van der Waals surface area contributed by atoms with Crippen LogP contribution in [0.4, 0.5) is 0 Å². The second-order valence-corrected chi connectivity index (χ2v) is 5.50. The van der Waals surface area contributed by atoms with Crippen LogP contribution in [0, 0.1) is 0 Å². The van der Waals surface area contributed by atoms with Gasteiger partial charge in [-0.05, 0) is 24.3 Å². The lowest BCUT2D eigenvalue weighted by Gasteiger charge is -2.21. The second-order valence-electron chi connectivity index (χ2n) is 5.50. The summed E-state index contributed by atoms with van der Waals surface area (Å²) in [5.74, 6) is 0.797. The van der Waals surface area contributed by atoms with Crippen LogP contribution in [0.3, 0.4) is 0 Å². The fourth-order valence-corrected chi connectivity index (χ4v) is 2.34. The molecule has 0 aromatic carbocycles. The molecule has 134 valence electrons. The van der Waals surface area contributed by atoms with E-state index in [2.05, 4.69) is 15.3 Å². The van der Waals surface area contributed by atoms with Crippen molar-refractivity contribution in [1.29, 1.82) is 0 Å².